The van der Waals surface area contributed by atoms with Crippen molar-refractivity contribution in [3.8, 4) is 0 Å². The van der Waals surface area contributed by atoms with Crippen LogP contribution in [0.3, 0.4) is 0 Å². The van der Waals surface area contributed by atoms with Gasteiger partial charge in [0, 0.05) is 9.48 Å². The zero-order valence-corrected chi connectivity index (χ0v) is 16.5. The van der Waals surface area contributed by atoms with Crippen molar-refractivity contribution in [2.45, 2.75) is 77.9 Å². The molecule has 1 fully saturated rings. The normalized spacial score (nSPS) is 19.3. The van der Waals surface area contributed by atoms with E-state index >= 15 is 0 Å². The van der Waals surface area contributed by atoms with Gasteiger partial charge in [-0.3, -0.25) is 0 Å². The minimum atomic E-state index is -0.279. The molecule has 3 rings (SSSR count). The fourth-order valence-electron chi connectivity index (χ4n) is 3.10. The minimum Gasteiger partial charge on any atom is -0.399 e. The predicted octanol–water partition coefficient (Wildman–Crippen LogP) is 5.32. The zero-order chi connectivity index (χ0) is 17.4. The highest BCUT2D eigenvalue weighted by Crippen LogP contribution is 2.37. The Labute approximate surface area is 150 Å². The van der Waals surface area contributed by atoms with Crippen LogP contribution >= 0.6 is 11.3 Å². The lowest BCUT2D eigenvalue weighted by molar-refractivity contribution is 0.00578. The van der Waals surface area contributed by atoms with Gasteiger partial charge in [0.05, 0.1) is 11.2 Å². The maximum Gasteiger partial charge on any atom is 0.505 e. The predicted molar refractivity (Wildman–Crippen MR) is 105 cm³/mol. The second-order valence-electron chi connectivity index (χ2n) is 7.92. The van der Waals surface area contributed by atoms with Crippen molar-refractivity contribution < 1.29 is 9.31 Å². The second-order valence-corrected chi connectivity index (χ2v) is 9.04. The lowest BCUT2D eigenvalue weighted by atomic mass is 9.87. The van der Waals surface area contributed by atoms with Gasteiger partial charge in [-0.25, -0.2) is 0 Å². The molecule has 0 N–H and O–H groups in total. The molecule has 4 heteroatoms. The molecule has 0 bridgehead atoms. The van der Waals surface area contributed by atoms with E-state index in [1.807, 2.05) is 0 Å². The largest absolute Gasteiger partial charge is 0.505 e. The molecule has 1 aromatic carbocycles. The first kappa shape index (κ1) is 18.0. The lowest BCUT2D eigenvalue weighted by Crippen LogP contribution is -2.41. The van der Waals surface area contributed by atoms with E-state index in [9.17, 15) is 0 Å². The summed E-state index contributed by atoms with van der Waals surface area (Å²) < 4.78 is 14.9. The fourth-order valence-corrected chi connectivity index (χ4v) is 4.10. The number of thiophene rings is 1. The highest BCUT2D eigenvalue weighted by molar-refractivity contribution is 7.28. The zero-order valence-electron chi connectivity index (χ0n) is 15.6. The van der Waals surface area contributed by atoms with Crippen molar-refractivity contribution in [3.63, 3.8) is 0 Å². The third-order valence-corrected chi connectivity index (χ3v) is 6.54. The molecule has 1 aromatic heterocycles. The van der Waals surface area contributed by atoms with Crippen LogP contribution in [-0.4, -0.2) is 18.3 Å². The van der Waals surface area contributed by atoms with Gasteiger partial charge in [0.15, 0.2) is 0 Å². The van der Waals surface area contributed by atoms with Crippen LogP contribution in [0.15, 0.2) is 24.3 Å². The first-order valence-corrected chi connectivity index (χ1v) is 10.0. The van der Waals surface area contributed by atoms with Crippen molar-refractivity contribution in [2.24, 2.45) is 0 Å². The van der Waals surface area contributed by atoms with Crippen LogP contribution in [0.5, 0.6) is 0 Å². The number of benzene rings is 1. The van der Waals surface area contributed by atoms with Gasteiger partial charge >= 0.3 is 7.12 Å². The monoisotopic (exact) mass is 344 g/mol. The summed E-state index contributed by atoms with van der Waals surface area (Å²) in [6.45, 7) is 10.7. The van der Waals surface area contributed by atoms with Crippen molar-refractivity contribution >= 4 is 33.3 Å². The van der Waals surface area contributed by atoms with Gasteiger partial charge in [-0.1, -0.05) is 38.3 Å². The van der Waals surface area contributed by atoms with E-state index in [0.717, 1.165) is 0 Å². The molecule has 0 atom stereocenters. The van der Waals surface area contributed by atoms with E-state index in [-0.39, 0.29) is 18.3 Å². The third-order valence-electron chi connectivity index (χ3n) is 5.40. The van der Waals surface area contributed by atoms with E-state index in [0.29, 0.717) is 0 Å². The number of hydrogen-bond acceptors (Lipinski definition) is 3. The Kier molecular flexibility index (Phi) is 5.10. The van der Waals surface area contributed by atoms with Crippen LogP contribution < -0.4 is 4.78 Å². The first-order valence-electron chi connectivity index (χ1n) is 9.20. The molecular formula is C20H29BO2S. The van der Waals surface area contributed by atoms with Crippen LogP contribution in [0, 0.1) is 0 Å². The highest BCUT2D eigenvalue weighted by Gasteiger charge is 2.52. The smallest absolute Gasteiger partial charge is 0.399 e. The Morgan fingerprint density at radius 2 is 1.67 bits per heavy atom. The van der Waals surface area contributed by atoms with E-state index in [1.54, 1.807) is 11.3 Å². The van der Waals surface area contributed by atoms with Crippen LogP contribution in [-0.2, 0) is 15.7 Å². The molecule has 0 unspecified atom stereocenters. The summed E-state index contributed by atoms with van der Waals surface area (Å²) in [6, 6.07) is 9.12. The molecule has 2 nitrogen and oxygen atoms in total. The summed E-state index contributed by atoms with van der Waals surface area (Å²) >= 11 is 1.79. The topological polar surface area (TPSA) is 18.5 Å². The Bertz CT molecular complexity index is 689. The average Bonchev–Trinajstić information content (AvgIpc) is 3.02. The molecule has 0 spiro atoms. The number of hydrogen-bond donors (Lipinski definition) is 0. The lowest BCUT2D eigenvalue weighted by Gasteiger charge is -2.32. The van der Waals surface area contributed by atoms with Crippen LogP contribution in [0.1, 0.15) is 65.9 Å². The van der Waals surface area contributed by atoms with E-state index < -0.39 is 0 Å². The van der Waals surface area contributed by atoms with Gasteiger partial charge in [-0.2, -0.15) is 0 Å². The molecule has 1 aliphatic heterocycles. The standard InChI is InChI=1S/C20H29BO2S/c1-6-7-8-9-10-15-11-12-17-16(13-15)14-18(24-17)21-22-19(2,3)20(4,5)23-21/h11-14H,6-10H2,1-5H3. The number of aryl methyl sites for hydroxylation is 1. The van der Waals surface area contributed by atoms with Crippen molar-refractivity contribution in [2.75, 3.05) is 0 Å². The molecule has 0 aliphatic carbocycles. The number of fused-ring (bicyclic) bond motifs is 1. The van der Waals surface area contributed by atoms with Crippen molar-refractivity contribution in [3.05, 3.63) is 29.8 Å². The molecule has 0 amide bonds. The summed E-state index contributed by atoms with van der Waals surface area (Å²) in [6.07, 6.45) is 6.43. The summed E-state index contributed by atoms with van der Waals surface area (Å²) in [5.74, 6) is 0. The average molecular weight is 344 g/mol. The Balaban J connectivity index is 1.75. The van der Waals surface area contributed by atoms with Gasteiger partial charge in [-0.05, 0) is 63.6 Å². The SMILES string of the molecule is CCCCCCc1ccc2sc(B3OC(C)(C)C(C)(C)O3)cc2c1. The summed E-state index contributed by atoms with van der Waals surface area (Å²) in [7, 11) is -0.250. The summed E-state index contributed by atoms with van der Waals surface area (Å²) in [4.78, 5) is 0. The summed E-state index contributed by atoms with van der Waals surface area (Å²) in [5.41, 5.74) is 0.883. The second kappa shape index (κ2) is 6.82. The van der Waals surface area contributed by atoms with Crippen molar-refractivity contribution in [1.29, 1.82) is 0 Å². The van der Waals surface area contributed by atoms with Gasteiger partial charge in [0.2, 0.25) is 0 Å². The Morgan fingerprint density at radius 3 is 2.33 bits per heavy atom. The molecule has 0 saturated carbocycles. The molecule has 2 aromatic rings. The number of unbranched alkanes of at least 4 members (excludes halogenated alkanes) is 3. The molecular weight excluding hydrogens is 315 g/mol. The van der Waals surface area contributed by atoms with Crippen molar-refractivity contribution in [1.82, 2.24) is 0 Å². The first-order chi connectivity index (χ1) is 11.3. The minimum absolute atomic E-state index is 0.250. The Hall–Kier alpha value is -0.835. The molecule has 1 saturated heterocycles. The molecule has 0 radical (unpaired) electrons. The Morgan fingerprint density at radius 1 is 0.958 bits per heavy atom. The third kappa shape index (κ3) is 3.56. The van der Waals surface area contributed by atoms with Crippen LogP contribution in [0.4, 0.5) is 0 Å². The molecule has 130 valence electrons. The van der Waals surface area contributed by atoms with E-state index in [1.165, 1.54) is 52.5 Å². The van der Waals surface area contributed by atoms with Crippen LogP contribution in [0.25, 0.3) is 10.1 Å². The van der Waals surface area contributed by atoms with Gasteiger partial charge in [0.25, 0.3) is 0 Å². The van der Waals surface area contributed by atoms with Crippen LogP contribution in [0.2, 0.25) is 0 Å². The van der Waals surface area contributed by atoms with Gasteiger partial charge in [0.1, 0.15) is 0 Å². The van der Waals surface area contributed by atoms with E-state index in [2.05, 4.69) is 58.9 Å². The number of rotatable bonds is 6. The highest BCUT2D eigenvalue weighted by atomic mass is 32.1. The van der Waals surface area contributed by atoms with E-state index in [4.69, 9.17) is 9.31 Å². The van der Waals surface area contributed by atoms with Gasteiger partial charge < -0.3 is 9.31 Å². The molecule has 2 heterocycles. The fraction of sp³-hybridized carbons (Fsp3) is 0.600. The molecule has 24 heavy (non-hydrogen) atoms. The maximum absolute atomic E-state index is 6.19. The molecule has 1 aliphatic rings. The van der Waals surface area contributed by atoms with Gasteiger partial charge in [-0.15, -0.1) is 11.3 Å². The maximum atomic E-state index is 6.19. The quantitative estimate of drug-likeness (QED) is 0.521. The summed E-state index contributed by atoms with van der Waals surface area (Å²) in [5, 5.41) is 1.32.